The third-order valence-electron chi connectivity index (χ3n) is 3.03. The summed E-state index contributed by atoms with van der Waals surface area (Å²) in [5.41, 5.74) is 0. The van der Waals surface area contributed by atoms with Crippen molar-refractivity contribution in [3.63, 3.8) is 0 Å². The summed E-state index contributed by atoms with van der Waals surface area (Å²) in [5, 5.41) is 0. The van der Waals surface area contributed by atoms with Crippen LogP contribution in [0.2, 0.25) is 0 Å². The molecule has 0 atom stereocenters. The molecule has 0 bridgehead atoms. The summed E-state index contributed by atoms with van der Waals surface area (Å²) in [4.78, 5) is 0. The summed E-state index contributed by atoms with van der Waals surface area (Å²) >= 11 is 0. The predicted octanol–water partition coefficient (Wildman–Crippen LogP) is -1.47. The number of halogens is 1. The van der Waals surface area contributed by atoms with Crippen LogP contribution in [-0.2, 0) is 0 Å². The molecule has 2 saturated heterocycles. The molecule has 2 heterocycles. The van der Waals surface area contributed by atoms with E-state index in [2.05, 4.69) is 0 Å². The van der Waals surface area contributed by atoms with Crippen LogP contribution in [0.4, 0.5) is 0 Å². The van der Waals surface area contributed by atoms with Crippen molar-refractivity contribution in [2.75, 3.05) is 26.2 Å². The summed E-state index contributed by atoms with van der Waals surface area (Å²) in [7, 11) is -4.19. The van der Waals surface area contributed by atoms with Crippen molar-refractivity contribution in [1.82, 2.24) is 0 Å². The van der Waals surface area contributed by atoms with Gasteiger partial charge in [-0.15, -0.1) is 0 Å². The van der Waals surface area contributed by atoms with E-state index in [9.17, 15) is 0 Å². The molecule has 0 aromatic carbocycles. The Balaban J connectivity index is 0.000000171. The van der Waals surface area contributed by atoms with Crippen LogP contribution in [0.25, 0.3) is 0 Å². The van der Waals surface area contributed by atoms with Crippen molar-refractivity contribution < 1.29 is 33.4 Å². The zero-order valence-corrected chi connectivity index (χ0v) is 8.99. The maximum atomic E-state index is 8.83. The van der Waals surface area contributed by atoms with E-state index in [1.54, 1.807) is 0 Å². The summed E-state index contributed by atoms with van der Waals surface area (Å²) in [6.45, 7) is 6.00. The molecule has 6 heteroatoms. The number of rotatable bonds is 0. The van der Waals surface area contributed by atoms with E-state index in [0.29, 0.717) is 0 Å². The van der Waals surface area contributed by atoms with Crippen LogP contribution in [0.3, 0.4) is 0 Å². The van der Waals surface area contributed by atoms with Crippen LogP contribution in [-0.4, -0.2) is 44.6 Å². The van der Waals surface area contributed by atoms with Crippen LogP contribution >= 0.6 is 0 Å². The number of quaternary nitrogens is 1. The van der Waals surface area contributed by atoms with Gasteiger partial charge in [-0.1, -0.05) is 0 Å². The zero-order valence-electron chi connectivity index (χ0n) is 8.23. The van der Waals surface area contributed by atoms with Crippen molar-refractivity contribution in [3.8, 4) is 0 Å². The molecule has 2 rings (SSSR count). The van der Waals surface area contributed by atoms with Crippen LogP contribution in [0.5, 0.6) is 0 Å². The molecule has 2 fully saturated rings. The van der Waals surface area contributed by atoms with Crippen molar-refractivity contribution in [2.45, 2.75) is 25.7 Å². The van der Waals surface area contributed by atoms with Crippen molar-refractivity contribution >= 4 is 0 Å². The average molecular weight is 229 g/mol. The van der Waals surface area contributed by atoms with Crippen LogP contribution in [0.15, 0.2) is 0 Å². The van der Waals surface area contributed by atoms with Gasteiger partial charge in [-0.25, -0.2) is 0 Å². The normalized spacial score (nSPS) is 26.0. The second kappa shape index (κ2) is 4.74. The van der Waals surface area contributed by atoms with Gasteiger partial charge in [0.15, 0.2) is 0 Å². The van der Waals surface area contributed by atoms with Gasteiger partial charge in [0.2, 0.25) is 0 Å². The van der Waals surface area contributed by atoms with Gasteiger partial charge in [0.1, 0.15) is 0 Å². The second-order valence-corrected chi connectivity index (χ2v) is 4.95. The summed E-state index contributed by atoms with van der Waals surface area (Å²) in [6.07, 6.45) is 6.00. The molecule has 0 aromatic rings. The Kier molecular flexibility index (Phi) is 4.12. The van der Waals surface area contributed by atoms with Crippen molar-refractivity contribution in [1.29, 1.82) is 0 Å². The third kappa shape index (κ3) is 4.54. The van der Waals surface area contributed by atoms with E-state index in [1.807, 2.05) is 0 Å². The average Bonchev–Trinajstić information content (AvgIpc) is 2.00. The van der Waals surface area contributed by atoms with Crippen LogP contribution < -0.4 is 4.66 Å². The molecule has 0 radical (unpaired) electrons. The standard InChI is InChI=1S/C8H16N.ClH3O4/c1-2-5-9(6-3-1)7-4-8-9;2-1(3,4)5/h1-8H2;2-4H/q+1;. The number of nitrogens with zero attached hydrogens (tertiary/aromatic N) is 1. The van der Waals surface area contributed by atoms with Gasteiger partial charge in [0.25, 0.3) is 0 Å². The molecular formula is C8H19ClNO4+. The Hall–Kier alpha value is 0.0900. The van der Waals surface area contributed by atoms with E-state index in [4.69, 9.17) is 18.6 Å². The van der Waals surface area contributed by atoms with Gasteiger partial charge in [-0.2, -0.15) is 0 Å². The Morgan fingerprint density at radius 1 is 0.786 bits per heavy atom. The van der Waals surface area contributed by atoms with Gasteiger partial charge in [0, 0.05) is 6.42 Å². The Labute approximate surface area is 85.9 Å². The second-order valence-electron chi connectivity index (χ2n) is 4.08. The molecule has 5 nitrogen and oxygen atoms in total. The SMILES string of the molecule is C1CC[N+]2(CC1)CCC2.[O-][Cl+](O)(O)O. The Morgan fingerprint density at radius 2 is 1.14 bits per heavy atom. The third-order valence-corrected chi connectivity index (χ3v) is 3.03. The fourth-order valence-electron chi connectivity index (χ4n) is 2.24. The van der Waals surface area contributed by atoms with E-state index in [1.165, 1.54) is 56.3 Å². The van der Waals surface area contributed by atoms with Crippen LogP contribution in [0.1, 0.15) is 25.7 Å². The van der Waals surface area contributed by atoms with E-state index in [-0.39, 0.29) is 0 Å². The van der Waals surface area contributed by atoms with E-state index in [0.717, 1.165) is 0 Å². The fraction of sp³-hybridized carbons (Fsp3) is 1.00. The molecule has 0 aromatic heterocycles. The molecule has 2 aliphatic heterocycles. The fourth-order valence-corrected chi connectivity index (χ4v) is 2.24. The van der Waals surface area contributed by atoms with Gasteiger partial charge >= 0.3 is 28.9 Å². The minimum absolute atomic E-state index is 1.50. The first-order valence-corrected chi connectivity index (χ1v) is 6.25. The molecular weight excluding hydrogens is 210 g/mol. The number of hydrogen-bond acceptors (Lipinski definition) is 4. The van der Waals surface area contributed by atoms with E-state index < -0.39 is 10.2 Å². The van der Waals surface area contributed by atoms with E-state index >= 15 is 0 Å². The van der Waals surface area contributed by atoms with Gasteiger partial charge in [0.05, 0.1) is 26.2 Å². The van der Waals surface area contributed by atoms with Gasteiger partial charge in [-0.05, 0) is 19.3 Å². The topological polar surface area (TPSA) is 83.8 Å². The summed E-state index contributed by atoms with van der Waals surface area (Å²) < 4.78 is 31.7. The first-order chi connectivity index (χ1) is 6.41. The summed E-state index contributed by atoms with van der Waals surface area (Å²) in [6, 6.07) is 0. The van der Waals surface area contributed by atoms with Crippen molar-refractivity contribution in [2.24, 2.45) is 0 Å². The Morgan fingerprint density at radius 3 is 1.36 bits per heavy atom. The van der Waals surface area contributed by atoms with Gasteiger partial charge in [-0.3, -0.25) is 0 Å². The quantitative estimate of drug-likeness (QED) is 0.442. The first kappa shape index (κ1) is 12.2. The molecule has 2 aliphatic rings. The minimum atomic E-state index is -4.19. The summed E-state index contributed by atoms with van der Waals surface area (Å²) in [5.74, 6) is 0. The van der Waals surface area contributed by atoms with Gasteiger partial charge < -0.3 is 4.48 Å². The maximum absolute atomic E-state index is 8.83. The van der Waals surface area contributed by atoms with Crippen molar-refractivity contribution in [3.05, 3.63) is 0 Å². The first-order valence-electron chi connectivity index (χ1n) is 4.93. The monoisotopic (exact) mass is 228 g/mol. The predicted molar refractivity (Wildman–Crippen MR) is 44.9 cm³/mol. The number of hydrogen-bond donors (Lipinski definition) is 3. The molecule has 0 aliphatic carbocycles. The molecule has 0 saturated carbocycles. The Bertz CT molecular complexity index is 165. The molecule has 14 heavy (non-hydrogen) atoms. The number of piperidine rings is 1. The molecule has 86 valence electrons. The zero-order chi connectivity index (χ0) is 10.7. The molecule has 3 N–H and O–H groups in total. The van der Waals surface area contributed by atoms with Crippen LogP contribution in [0, 0.1) is 10.2 Å². The molecule has 0 amide bonds. The molecule has 0 unspecified atom stereocenters. The molecule has 1 spiro atoms.